The Labute approximate surface area is 934 Å². The van der Waals surface area contributed by atoms with Crippen LogP contribution >= 0.6 is 0 Å². The van der Waals surface area contributed by atoms with Crippen molar-refractivity contribution >= 4 is 74.9 Å². The number of aromatic nitrogens is 3. The van der Waals surface area contributed by atoms with Crippen molar-refractivity contribution < 1.29 is 81.4 Å². The molecule has 4 rings (SSSR count). The summed E-state index contributed by atoms with van der Waals surface area (Å²) < 4.78 is 110. The van der Waals surface area contributed by atoms with E-state index in [1.165, 1.54) is 71.9 Å². The third kappa shape index (κ3) is 113. The molecule has 3 aliphatic heterocycles. The third-order valence-electron chi connectivity index (χ3n) is 21.1. The molecule has 2 N–H and O–H groups in total. The predicted molar refractivity (Wildman–Crippen MR) is 651 cm³/mol. The Balaban J connectivity index is -0.000000109. The highest BCUT2D eigenvalue weighted by molar-refractivity contribution is 7.93. The maximum absolute atomic E-state index is 11.7. The van der Waals surface area contributed by atoms with Crippen LogP contribution in [0.25, 0.3) is 0 Å². The third-order valence-corrected chi connectivity index (χ3v) is 29.9. The van der Waals surface area contributed by atoms with Crippen molar-refractivity contribution in [3.63, 3.8) is 0 Å². The van der Waals surface area contributed by atoms with Gasteiger partial charge in [0.1, 0.15) is 17.9 Å². The van der Waals surface area contributed by atoms with Gasteiger partial charge >= 0.3 is 5.97 Å². The summed E-state index contributed by atoms with van der Waals surface area (Å²) in [6.45, 7) is 135. The van der Waals surface area contributed by atoms with Crippen molar-refractivity contribution in [3.05, 3.63) is 12.2 Å². The number of nitrogens with zero attached hydrogens (tertiary/aromatic N) is 8. The zero-order valence-electron chi connectivity index (χ0n) is 112. The number of methoxy groups -OCH3 is 1. The van der Waals surface area contributed by atoms with Crippen LogP contribution in [0.15, 0.2) is 6.33 Å². The summed E-state index contributed by atoms with van der Waals surface area (Å²) in [4.78, 5) is 79.9. The summed E-state index contributed by atoms with van der Waals surface area (Å²) in [6.07, 6.45) is 14.0. The maximum atomic E-state index is 11.7. The highest BCUT2D eigenvalue weighted by Gasteiger charge is 2.35. The van der Waals surface area contributed by atoms with Crippen LogP contribution in [0.5, 0.6) is 0 Å². The molecule has 0 aliphatic carbocycles. The number of esters is 1. The van der Waals surface area contributed by atoms with E-state index in [1.54, 1.807) is 141 Å². The molecule has 912 valence electrons. The van der Waals surface area contributed by atoms with Crippen LogP contribution < -0.4 is 10.0 Å². The smallest absolute Gasteiger partial charge is 0.310 e. The van der Waals surface area contributed by atoms with E-state index in [2.05, 4.69) is 256 Å². The molecular formula is C118H258N10O18S4. The number of rotatable bonds is 5. The number of piperidine rings is 2. The van der Waals surface area contributed by atoms with Crippen LogP contribution in [0.4, 0.5) is 0 Å². The molecule has 3 aliphatic rings. The van der Waals surface area contributed by atoms with Gasteiger partial charge in [0.25, 0.3) is 0 Å². The number of sulfone groups is 3. The van der Waals surface area contributed by atoms with Crippen molar-refractivity contribution in [2.75, 3.05) is 92.9 Å². The number of ketones is 1. The number of sulfonamides is 1. The molecule has 1 aromatic rings. The summed E-state index contributed by atoms with van der Waals surface area (Å²) in [6, 6.07) is 0. The number of hydrogen-bond donors (Lipinski definition) is 2. The van der Waals surface area contributed by atoms with Gasteiger partial charge in [0.15, 0.2) is 29.5 Å². The van der Waals surface area contributed by atoms with E-state index in [-0.39, 0.29) is 108 Å². The first-order valence-corrected chi connectivity index (χ1v) is 60.8. The second-order valence-electron chi connectivity index (χ2n) is 58.5. The number of aryl methyl sites for hydroxylation is 1. The summed E-state index contributed by atoms with van der Waals surface area (Å²) in [5.41, 5.74) is 0.438. The molecule has 28 nitrogen and oxygen atoms in total. The Morgan fingerprint density at radius 2 is 0.793 bits per heavy atom. The van der Waals surface area contributed by atoms with Crippen molar-refractivity contribution in [1.82, 2.24) is 49.3 Å². The molecule has 3 fully saturated rings. The van der Waals surface area contributed by atoms with Gasteiger partial charge < -0.3 is 43.9 Å². The van der Waals surface area contributed by atoms with Crippen LogP contribution in [0, 0.1) is 32.5 Å². The first kappa shape index (κ1) is 176. The molecule has 1 aromatic heterocycles. The highest BCUT2D eigenvalue weighted by Crippen LogP contribution is 2.37. The molecule has 4 amide bonds. The fourth-order valence-electron chi connectivity index (χ4n) is 10.7. The summed E-state index contributed by atoms with van der Waals surface area (Å²) in [7, 11) is -0.606. The monoisotopic (exact) mass is 2230 g/mol. The van der Waals surface area contributed by atoms with Crippen molar-refractivity contribution in [2.24, 2.45) is 39.5 Å². The normalized spacial score (nSPS) is 14.4. The van der Waals surface area contributed by atoms with Crippen LogP contribution in [-0.4, -0.2) is 277 Å². The number of likely N-dealkylation sites (tertiary alicyclic amines) is 3. The lowest BCUT2D eigenvalue weighted by Crippen LogP contribution is -2.44. The second kappa shape index (κ2) is 72.7. The Kier molecular flexibility index (Phi) is 85.3. The van der Waals surface area contributed by atoms with Gasteiger partial charge in [0.05, 0.1) is 66.8 Å². The molecule has 150 heavy (non-hydrogen) atoms. The van der Waals surface area contributed by atoms with Gasteiger partial charge in [-0.3, -0.25) is 38.3 Å². The van der Waals surface area contributed by atoms with Crippen molar-refractivity contribution in [2.45, 2.75) is 590 Å². The molecule has 0 atom stereocenters. The number of Topliss-reactive ketones (excluding diaryl/α,β-unsaturated/α-hetero) is 1. The Bertz CT molecular complexity index is 4170. The lowest BCUT2D eigenvalue weighted by Gasteiger charge is -2.38. The van der Waals surface area contributed by atoms with E-state index in [1.807, 2.05) is 141 Å². The minimum Gasteiger partial charge on any atom is -0.469 e. The fourth-order valence-corrected chi connectivity index (χ4v) is 14.1. The van der Waals surface area contributed by atoms with E-state index in [4.69, 9.17) is 14.2 Å². The van der Waals surface area contributed by atoms with E-state index >= 15 is 0 Å². The summed E-state index contributed by atoms with van der Waals surface area (Å²) in [5, 5.41) is 6.46. The lowest BCUT2D eigenvalue weighted by atomic mass is 9.71. The van der Waals surface area contributed by atoms with Crippen molar-refractivity contribution in [3.8, 4) is 0 Å². The second-order valence-corrected chi connectivity index (χ2v) is 69.3. The maximum Gasteiger partial charge on any atom is 0.310 e. The van der Waals surface area contributed by atoms with Crippen LogP contribution in [0.3, 0.4) is 0 Å². The fraction of sp³-hybridized carbons (Fsp3) is 0.932. The van der Waals surface area contributed by atoms with Gasteiger partial charge in [-0.1, -0.05) is 145 Å². The van der Waals surface area contributed by atoms with Gasteiger partial charge in [-0.05, 0) is 388 Å². The SMILES string of the molecule is C.CC(=O)C(C)(C)C.CC(=O)NC(C)(C)C.CC(C)(C)C(=O)N1CCCCC1.CC(C)(C)C(C)(C)C.CC(C)(C)N1CCCC1=O.CC(C)(C)N1CCCCC1.CC(C)(C)NS(C)(=O)=O.CC(C)(C)OC(C)(C)C.CC(C)(C)S(C)(=O)=O.CC(C)OC(C)(C)C.CC(C)S(=O)(=O)C(C)(C)C.CCOC(C)(C)C.CCS(=O)(=O)C(C)(C)C.CN(C)C(=O)C(C)(C)C.CN(C)C(C)(C)C.COC(=O)C(C)(C)C.Cn1ncnc1C(C)(C)C. The first-order chi connectivity index (χ1) is 64.2. The predicted octanol–water partition coefficient (Wildman–Crippen LogP) is 27.4. The van der Waals surface area contributed by atoms with Crippen LogP contribution in [0.2, 0.25) is 0 Å². The van der Waals surface area contributed by atoms with E-state index in [0.29, 0.717) is 39.8 Å². The quantitative estimate of drug-likeness (QED) is 0.259. The van der Waals surface area contributed by atoms with Crippen LogP contribution in [-0.2, 0) is 99.7 Å². The minimum absolute atomic E-state index is 0. The Hall–Kier alpha value is -4.28. The number of carbonyl (C=O) groups is 6. The van der Waals surface area contributed by atoms with Gasteiger partial charge in [0, 0.05) is 122 Å². The van der Waals surface area contributed by atoms with Gasteiger partial charge in [-0.2, -0.15) is 5.10 Å². The molecule has 3 saturated heterocycles. The van der Waals surface area contributed by atoms with Gasteiger partial charge in [-0.25, -0.2) is 43.4 Å². The number of ether oxygens (including phenoxy) is 4. The molecule has 0 spiro atoms. The zero-order valence-corrected chi connectivity index (χ0v) is 115. The molecular weight excluding hydrogens is 1970 g/mol. The first-order valence-electron chi connectivity index (χ1n) is 53.8. The minimum atomic E-state index is -3.03. The largest absolute Gasteiger partial charge is 0.469 e. The summed E-state index contributed by atoms with van der Waals surface area (Å²) >= 11 is 0. The lowest BCUT2D eigenvalue weighted by molar-refractivity contribution is -0.149. The van der Waals surface area contributed by atoms with E-state index < -0.39 is 53.8 Å². The van der Waals surface area contributed by atoms with Crippen LogP contribution in [0.1, 0.15) is 515 Å². The molecule has 32 heteroatoms. The molecule has 0 radical (unpaired) electrons. The zero-order chi connectivity index (χ0) is 124. The van der Waals surface area contributed by atoms with Gasteiger partial charge in [0.2, 0.25) is 33.7 Å². The summed E-state index contributed by atoms with van der Waals surface area (Å²) in [5.74, 6) is 2.14. The molecule has 0 bridgehead atoms. The average Bonchev–Trinajstić information content (AvgIpc) is 1.09. The molecule has 0 aromatic carbocycles. The highest BCUT2D eigenvalue weighted by atomic mass is 32.2. The Morgan fingerprint density at radius 1 is 0.453 bits per heavy atom. The average molecular weight is 2230 g/mol. The molecule has 4 heterocycles. The molecule has 0 saturated carbocycles. The van der Waals surface area contributed by atoms with E-state index in [0.717, 1.165) is 51.2 Å². The standard InChI is InChI=1S/C10H19NO.C9H19N.C8H15NO.C8H18O.C8H18.C7H13N3.C7H15NO.C7H16O2S.C7H16O.C6H13NO.C6H15N.C6H14O2S.C6H12O2.C6H14O.C6H12O.C5H13NO2S.C5H12O2S.CH4/c1-10(2,3)9(12)11-7-5-4-6-8-11;1-9(2,3)10-7-5-4-6-8-10;1-8(2,3)9-6-4-5-7(9)10;1-7(2,3)9-8(4,5)6;1-7(2,3)8(4,5)6;1-7(2,3)6-8-5-9-10(6)4;1-7(2,3)6(9)8(4)5;1-6(2)10(8,9)7(3,4)5;1-6(2)8-7(3,4)5;1-5(8)7-6(2,3)4;1-6(2,3)7(4)5;1-5-9(7,8)6(2,3)4;1-6(2,3)5(7)8-4;1-5-7-6(2,3)4;1-5(7)6(2,3)4;1-5(2,3)6-9(4,7)8;1-5(2,3)8(4,6)7;/h4-8H2,1-3H3;4-8H2,1-3H3;4-6H2,1-3H3;1-6H3;1-6H3;5H,1-4H3;1-5H3;6H,1-5H3;6H,1-5H3;1-4H3,(H,7,8);1-5H3;5H2,1-4H3;1-4H3;5H2,1-4H3;1-4H3;6H,1-4H3;1-4H3;1H4. The number of hydrogen-bond acceptors (Lipinski definition) is 22. The number of carbonyl (C=O) groups excluding carboxylic acids is 6. The topological polar surface area (TPSA) is 347 Å². The Morgan fingerprint density at radius 3 is 0.867 bits per heavy atom. The van der Waals surface area contributed by atoms with Gasteiger partial charge in [-0.15, -0.1) is 0 Å². The number of amides is 4. The number of nitrogens with one attached hydrogen (secondary N) is 2. The molecule has 0 unspecified atom stereocenters. The van der Waals surface area contributed by atoms with Crippen molar-refractivity contribution in [1.29, 1.82) is 0 Å². The van der Waals surface area contributed by atoms with E-state index in [9.17, 15) is 62.4 Å².